The van der Waals surface area contributed by atoms with E-state index in [2.05, 4.69) is 29.8 Å². The zero-order valence-electron chi connectivity index (χ0n) is 21.7. The summed E-state index contributed by atoms with van der Waals surface area (Å²) in [6.45, 7) is 9.23. The number of esters is 1. The van der Waals surface area contributed by atoms with Gasteiger partial charge in [-0.2, -0.15) is 0 Å². The van der Waals surface area contributed by atoms with E-state index in [4.69, 9.17) is 4.74 Å². The van der Waals surface area contributed by atoms with Gasteiger partial charge in [0.2, 0.25) is 0 Å². The number of hydrogen-bond acceptors (Lipinski definition) is 3. The molecule has 0 bridgehead atoms. The average molecular weight is 466 g/mol. The van der Waals surface area contributed by atoms with Crippen molar-refractivity contribution < 1.29 is 14.3 Å². The molecule has 0 aliphatic carbocycles. The quantitative estimate of drug-likeness (QED) is 0.110. The van der Waals surface area contributed by atoms with Crippen LogP contribution in [0.2, 0.25) is 0 Å². The second kappa shape index (κ2) is 15.3. The van der Waals surface area contributed by atoms with Crippen molar-refractivity contribution >= 4 is 17.8 Å². The van der Waals surface area contributed by atoms with E-state index in [-0.39, 0.29) is 11.8 Å². The second-order valence-corrected chi connectivity index (χ2v) is 9.23. The Labute approximate surface area is 206 Å². The molecule has 0 N–H and O–H groups in total. The van der Waals surface area contributed by atoms with Crippen LogP contribution in [-0.2, 0) is 16.1 Å². The lowest BCUT2D eigenvalue weighted by Gasteiger charge is -2.08. The molecule has 0 unspecified atom stereocenters. The molecule has 0 saturated carbocycles. The van der Waals surface area contributed by atoms with Gasteiger partial charge in [-0.25, -0.2) is 4.79 Å². The number of carbonyl (C=O) groups excluding carboxylic acids is 2. The van der Waals surface area contributed by atoms with Gasteiger partial charge in [0.1, 0.15) is 0 Å². The first-order chi connectivity index (χ1) is 16.5. The number of carbonyl (C=O) groups is 2. The van der Waals surface area contributed by atoms with Gasteiger partial charge in [0.05, 0.1) is 6.61 Å². The number of unbranched alkanes of at least 4 members (excludes halogenated alkanes) is 8. The summed E-state index contributed by atoms with van der Waals surface area (Å²) in [4.78, 5) is 24.4. The number of rotatable bonds is 16. The van der Waals surface area contributed by atoms with Crippen LogP contribution < -0.4 is 0 Å². The first-order valence-corrected chi connectivity index (χ1v) is 13.1. The molecule has 0 aliphatic rings. The van der Waals surface area contributed by atoms with Gasteiger partial charge in [0, 0.05) is 36.5 Å². The predicted octanol–water partition coefficient (Wildman–Crippen LogP) is 7.83. The zero-order valence-corrected chi connectivity index (χ0v) is 21.7. The number of nitrogens with zero attached hydrogens (tertiary/aromatic N) is 1. The minimum atomic E-state index is -0.329. The molecule has 0 aliphatic heterocycles. The molecule has 1 heterocycles. The van der Waals surface area contributed by atoms with Crippen LogP contribution in [0.5, 0.6) is 0 Å². The van der Waals surface area contributed by atoms with E-state index in [0.717, 1.165) is 47.3 Å². The van der Waals surface area contributed by atoms with Crippen molar-refractivity contribution in [3.8, 4) is 0 Å². The highest BCUT2D eigenvalue weighted by Gasteiger charge is 2.16. The lowest BCUT2D eigenvalue weighted by molar-refractivity contribution is -0.137. The van der Waals surface area contributed by atoms with E-state index in [1.165, 1.54) is 51.0 Å². The summed E-state index contributed by atoms with van der Waals surface area (Å²) in [6.07, 6.45) is 17.3. The van der Waals surface area contributed by atoms with Gasteiger partial charge >= 0.3 is 5.97 Å². The molecule has 0 radical (unpaired) electrons. The molecule has 0 saturated heterocycles. The number of Topliss-reactive ketones (excluding diaryl/α,β-unsaturated/α-hetero) is 1. The van der Waals surface area contributed by atoms with Crippen LogP contribution in [0.1, 0.15) is 111 Å². The van der Waals surface area contributed by atoms with Crippen molar-refractivity contribution in [1.82, 2.24) is 4.57 Å². The standard InChI is InChI=1S/C30H43NO3/c1-5-7-8-9-10-11-12-13-14-15-28(32)30-24(3)22-31(25(30)4)23-27-18-16-26(17-19-27)20-21-29(33)34-6-2/h16-22H,5-15,23H2,1-4H3/b21-20+. The van der Waals surface area contributed by atoms with Gasteiger partial charge in [0.25, 0.3) is 0 Å². The van der Waals surface area contributed by atoms with Crippen molar-refractivity contribution in [1.29, 1.82) is 0 Å². The lowest BCUT2D eigenvalue weighted by Crippen LogP contribution is -2.05. The third-order valence-corrected chi connectivity index (χ3v) is 6.35. The van der Waals surface area contributed by atoms with Crippen molar-refractivity contribution in [3.63, 3.8) is 0 Å². The van der Waals surface area contributed by atoms with Crippen LogP contribution in [0.25, 0.3) is 6.08 Å². The van der Waals surface area contributed by atoms with Crippen LogP contribution in [0.15, 0.2) is 36.5 Å². The number of aryl methyl sites for hydroxylation is 1. The maximum atomic E-state index is 12.9. The second-order valence-electron chi connectivity index (χ2n) is 9.23. The molecule has 186 valence electrons. The van der Waals surface area contributed by atoms with Crippen LogP contribution in [0, 0.1) is 13.8 Å². The van der Waals surface area contributed by atoms with E-state index >= 15 is 0 Å². The van der Waals surface area contributed by atoms with Crippen LogP contribution in [0.3, 0.4) is 0 Å². The number of hydrogen-bond donors (Lipinski definition) is 0. The predicted molar refractivity (Wildman–Crippen MR) is 141 cm³/mol. The highest BCUT2D eigenvalue weighted by atomic mass is 16.5. The molecule has 2 aromatic rings. The Morgan fingerprint density at radius 3 is 2.12 bits per heavy atom. The Hall–Kier alpha value is -2.62. The summed E-state index contributed by atoms with van der Waals surface area (Å²) in [5.74, 6) is -0.0548. The smallest absolute Gasteiger partial charge is 0.330 e. The SMILES string of the molecule is CCCCCCCCCCCC(=O)c1c(C)cn(Cc2ccc(/C=C/C(=O)OCC)cc2)c1C. The first-order valence-electron chi connectivity index (χ1n) is 13.1. The van der Waals surface area contributed by atoms with E-state index in [0.29, 0.717) is 13.0 Å². The monoisotopic (exact) mass is 465 g/mol. The highest BCUT2D eigenvalue weighted by molar-refractivity contribution is 5.98. The number of aromatic nitrogens is 1. The fraction of sp³-hybridized carbons (Fsp3) is 0.533. The normalized spacial score (nSPS) is 11.3. The third-order valence-electron chi connectivity index (χ3n) is 6.35. The maximum absolute atomic E-state index is 12.9. The van der Waals surface area contributed by atoms with Crippen molar-refractivity contribution in [2.24, 2.45) is 0 Å². The van der Waals surface area contributed by atoms with Crippen LogP contribution in [-0.4, -0.2) is 22.9 Å². The highest BCUT2D eigenvalue weighted by Crippen LogP contribution is 2.21. The molecule has 0 fully saturated rings. The molecule has 2 rings (SSSR count). The molecule has 0 spiro atoms. The number of ether oxygens (including phenoxy) is 1. The lowest BCUT2D eigenvalue weighted by atomic mass is 10.0. The first kappa shape index (κ1) is 27.6. The van der Waals surface area contributed by atoms with Gasteiger partial charge in [0.15, 0.2) is 5.78 Å². The van der Waals surface area contributed by atoms with Gasteiger partial charge in [-0.15, -0.1) is 0 Å². The molecular weight excluding hydrogens is 422 g/mol. The topological polar surface area (TPSA) is 48.3 Å². The summed E-state index contributed by atoms with van der Waals surface area (Å²) in [6, 6.07) is 8.10. The van der Waals surface area contributed by atoms with Gasteiger partial charge in [-0.3, -0.25) is 4.79 Å². The number of benzene rings is 1. The molecule has 34 heavy (non-hydrogen) atoms. The van der Waals surface area contributed by atoms with Gasteiger partial charge < -0.3 is 9.30 Å². The maximum Gasteiger partial charge on any atom is 0.330 e. The zero-order chi connectivity index (χ0) is 24.8. The third kappa shape index (κ3) is 9.32. The molecular formula is C30H43NO3. The fourth-order valence-electron chi connectivity index (χ4n) is 4.42. The Bertz CT molecular complexity index is 921. The van der Waals surface area contributed by atoms with Gasteiger partial charge in [-0.1, -0.05) is 82.6 Å². The summed E-state index contributed by atoms with van der Waals surface area (Å²) >= 11 is 0. The summed E-state index contributed by atoms with van der Waals surface area (Å²) in [7, 11) is 0. The Morgan fingerprint density at radius 2 is 1.50 bits per heavy atom. The number of ketones is 1. The fourth-order valence-corrected chi connectivity index (χ4v) is 4.42. The summed E-state index contributed by atoms with van der Waals surface area (Å²) in [5, 5.41) is 0. The molecule has 4 nitrogen and oxygen atoms in total. The summed E-state index contributed by atoms with van der Waals surface area (Å²) < 4.78 is 7.08. The minimum absolute atomic E-state index is 0.274. The Morgan fingerprint density at radius 1 is 0.882 bits per heavy atom. The largest absolute Gasteiger partial charge is 0.463 e. The molecule has 1 aromatic heterocycles. The van der Waals surface area contributed by atoms with Crippen molar-refractivity contribution in [2.45, 2.75) is 98.4 Å². The summed E-state index contributed by atoms with van der Waals surface area (Å²) in [5.41, 5.74) is 5.11. The van der Waals surface area contributed by atoms with Crippen LogP contribution >= 0.6 is 0 Å². The van der Waals surface area contributed by atoms with Gasteiger partial charge in [-0.05, 0) is 50.0 Å². The molecule has 0 atom stereocenters. The molecule has 4 heteroatoms. The van der Waals surface area contributed by atoms with E-state index in [9.17, 15) is 9.59 Å². The average Bonchev–Trinajstić information content (AvgIpc) is 3.10. The Kier molecular flexibility index (Phi) is 12.4. The van der Waals surface area contributed by atoms with E-state index < -0.39 is 0 Å². The molecule has 1 aromatic carbocycles. The van der Waals surface area contributed by atoms with Crippen molar-refractivity contribution in [3.05, 3.63) is 64.5 Å². The van der Waals surface area contributed by atoms with E-state index in [1.54, 1.807) is 13.0 Å². The minimum Gasteiger partial charge on any atom is -0.463 e. The van der Waals surface area contributed by atoms with Crippen molar-refractivity contribution in [2.75, 3.05) is 6.61 Å². The Balaban J connectivity index is 1.84. The molecule has 0 amide bonds. The van der Waals surface area contributed by atoms with Crippen LogP contribution in [0.4, 0.5) is 0 Å². The van der Waals surface area contributed by atoms with E-state index in [1.807, 2.05) is 26.0 Å².